The van der Waals surface area contributed by atoms with Crippen molar-refractivity contribution >= 4 is 11.6 Å². The predicted octanol–water partition coefficient (Wildman–Crippen LogP) is 5.31. The lowest BCUT2D eigenvalue weighted by atomic mass is 10.0. The van der Waals surface area contributed by atoms with E-state index in [9.17, 15) is 4.79 Å². The van der Waals surface area contributed by atoms with Gasteiger partial charge in [-0.1, -0.05) is 42.0 Å². The van der Waals surface area contributed by atoms with E-state index in [-0.39, 0.29) is 12.5 Å². The van der Waals surface area contributed by atoms with E-state index in [1.165, 1.54) is 0 Å². The molecule has 4 heteroatoms. The third-order valence-corrected chi connectivity index (χ3v) is 4.50. The summed E-state index contributed by atoms with van der Waals surface area (Å²) in [5.41, 5.74) is 5.97. The summed E-state index contributed by atoms with van der Waals surface area (Å²) in [5.74, 6) is 0.293. The number of benzene rings is 3. The Labute approximate surface area is 165 Å². The van der Waals surface area contributed by atoms with Crippen LogP contribution in [0.5, 0.6) is 5.75 Å². The van der Waals surface area contributed by atoms with Gasteiger partial charge in [0.1, 0.15) is 12.4 Å². The third kappa shape index (κ3) is 4.39. The van der Waals surface area contributed by atoms with Crippen LogP contribution in [-0.4, -0.2) is 5.91 Å². The highest BCUT2D eigenvalue weighted by Gasteiger charge is 2.15. The van der Waals surface area contributed by atoms with Crippen molar-refractivity contribution in [2.75, 3.05) is 5.32 Å². The van der Waals surface area contributed by atoms with Crippen molar-refractivity contribution in [2.24, 2.45) is 0 Å². The monoisotopic (exact) mass is 370 g/mol. The number of carbonyl (C=O) groups excluding carboxylic acids is 1. The smallest absolute Gasteiger partial charge is 0.259 e. The molecule has 0 fully saturated rings. The number of anilines is 1. The number of ether oxygens (including phenoxy) is 1. The number of nitrogens with zero attached hydrogens (tertiary/aromatic N) is 1. The zero-order valence-electron chi connectivity index (χ0n) is 16.2. The molecule has 3 aromatic carbocycles. The van der Waals surface area contributed by atoms with Crippen LogP contribution in [0.4, 0.5) is 5.69 Å². The number of carbonyl (C=O) groups is 1. The van der Waals surface area contributed by atoms with E-state index in [0.717, 1.165) is 27.9 Å². The zero-order valence-corrected chi connectivity index (χ0v) is 16.2. The minimum Gasteiger partial charge on any atom is -0.488 e. The third-order valence-electron chi connectivity index (χ3n) is 4.50. The molecule has 0 bridgehead atoms. The van der Waals surface area contributed by atoms with Crippen LogP contribution in [-0.2, 0) is 6.61 Å². The summed E-state index contributed by atoms with van der Waals surface area (Å²) in [4.78, 5) is 12.9. The molecule has 0 aliphatic heterocycles. The summed E-state index contributed by atoms with van der Waals surface area (Å²) in [6.07, 6.45) is 0. The number of amides is 1. The average Bonchev–Trinajstić information content (AvgIpc) is 2.69. The first kappa shape index (κ1) is 19.2. The second-order valence-electron chi connectivity index (χ2n) is 6.82. The Bertz CT molecular complexity index is 1040. The fraction of sp³-hybridized carbons (Fsp3) is 0.167. The highest BCUT2D eigenvalue weighted by molar-refractivity contribution is 6.06. The van der Waals surface area contributed by atoms with Crippen molar-refractivity contribution in [3.05, 3.63) is 94.0 Å². The molecule has 28 heavy (non-hydrogen) atoms. The summed E-state index contributed by atoms with van der Waals surface area (Å²) in [6.45, 7) is 6.29. The topological polar surface area (TPSA) is 62.1 Å². The van der Waals surface area contributed by atoms with Crippen molar-refractivity contribution in [3.8, 4) is 11.8 Å². The molecule has 140 valence electrons. The minimum absolute atomic E-state index is 0.212. The van der Waals surface area contributed by atoms with Crippen LogP contribution in [0.2, 0.25) is 0 Å². The highest BCUT2D eigenvalue weighted by atomic mass is 16.5. The van der Waals surface area contributed by atoms with E-state index in [2.05, 4.69) is 11.4 Å². The second kappa shape index (κ2) is 8.41. The van der Waals surface area contributed by atoms with Gasteiger partial charge < -0.3 is 10.1 Å². The van der Waals surface area contributed by atoms with E-state index in [4.69, 9.17) is 10.00 Å². The van der Waals surface area contributed by atoms with Gasteiger partial charge in [-0.25, -0.2) is 0 Å². The van der Waals surface area contributed by atoms with Crippen molar-refractivity contribution in [3.63, 3.8) is 0 Å². The van der Waals surface area contributed by atoms with Crippen molar-refractivity contribution in [1.29, 1.82) is 5.26 Å². The van der Waals surface area contributed by atoms with Crippen LogP contribution in [0.3, 0.4) is 0 Å². The lowest BCUT2D eigenvalue weighted by Crippen LogP contribution is -2.15. The number of hydrogen-bond acceptors (Lipinski definition) is 3. The number of para-hydroxylation sites is 1. The summed E-state index contributed by atoms with van der Waals surface area (Å²) in [5, 5.41) is 12.0. The molecule has 0 aliphatic rings. The number of nitrogens with one attached hydrogen (secondary N) is 1. The summed E-state index contributed by atoms with van der Waals surface area (Å²) >= 11 is 0. The number of hydrogen-bond donors (Lipinski definition) is 1. The van der Waals surface area contributed by atoms with Gasteiger partial charge in [0, 0.05) is 5.69 Å². The lowest BCUT2D eigenvalue weighted by molar-refractivity contribution is 0.102. The molecule has 0 radical (unpaired) electrons. The molecule has 0 saturated heterocycles. The van der Waals surface area contributed by atoms with Gasteiger partial charge in [-0.3, -0.25) is 4.79 Å². The Balaban J connectivity index is 1.80. The summed E-state index contributed by atoms with van der Waals surface area (Å²) < 4.78 is 5.89. The number of rotatable bonds is 5. The van der Waals surface area contributed by atoms with Crippen molar-refractivity contribution in [2.45, 2.75) is 27.4 Å². The van der Waals surface area contributed by atoms with Gasteiger partial charge in [0.2, 0.25) is 0 Å². The molecular weight excluding hydrogens is 348 g/mol. The Morgan fingerprint density at radius 1 is 1.00 bits per heavy atom. The zero-order chi connectivity index (χ0) is 20.1. The second-order valence-corrected chi connectivity index (χ2v) is 6.82. The quantitative estimate of drug-likeness (QED) is 0.661. The maximum Gasteiger partial charge on any atom is 0.259 e. The molecule has 0 aliphatic carbocycles. The van der Waals surface area contributed by atoms with E-state index >= 15 is 0 Å². The molecule has 1 amide bonds. The minimum atomic E-state index is -0.212. The van der Waals surface area contributed by atoms with Crippen LogP contribution in [0, 0.1) is 32.1 Å². The van der Waals surface area contributed by atoms with Crippen LogP contribution >= 0.6 is 0 Å². The highest BCUT2D eigenvalue weighted by Crippen LogP contribution is 2.25. The van der Waals surface area contributed by atoms with Crippen LogP contribution in [0.25, 0.3) is 0 Å². The van der Waals surface area contributed by atoms with Gasteiger partial charge in [-0.2, -0.15) is 5.26 Å². The fourth-order valence-electron chi connectivity index (χ4n) is 3.23. The fourth-order valence-corrected chi connectivity index (χ4v) is 3.23. The Kier molecular flexibility index (Phi) is 5.76. The lowest BCUT2D eigenvalue weighted by Gasteiger charge is -2.15. The molecule has 0 aromatic heterocycles. The normalized spacial score (nSPS) is 10.2. The maximum absolute atomic E-state index is 12.9. The molecule has 0 spiro atoms. The number of nitriles is 1. The van der Waals surface area contributed by atoms with E-state index < -0.39 is 0 Å². The van der Waals surface area contributed by atoms with Crippen molar-refractivity contribution < 1.29 is 9.53 Å². The van der Waals surface area contributed by atoms with Gasteiger partial charge in [-0.15, -0.1) is 0 Å². The predicted molar refractivity (Wildman–Crippen MR) is 111 cm³/mol. The first-order valence-electron chi connectivity index (χ1n) is 9.08. The van der Waals surface area contributed by atoms with E-state index in [0.29, 0.717) is 16.9 Å². The van der Waals surface area contributed by atoms with Gasteiger partial charge >= 0.3 is 0 Å². The average molecular weight is 370 g/mol. The molecule has 3 rings (SSSR count). The molecule has 0 atom stereocenters. The van der Waals surface area contributed by atoms with Gasteiger partial charge in [0.05, 0.1) is 17.2 Å². The van der Waals surface area contributed by atoms with Gasteiger partial charge in [0.15, 0.2) is 0 Å². The van der Waals surface area contributed by atoms with Crippen LogP contribution < -0.4 is 10.1 Å². The summed E-state index contributed by atoms with van der Waals surface area (Å²) in [7, 11) is 0. The first-order valence-corrected chi connectivity index (χ1v) is 9.08. The van der Waals surface area contributed by atoms with E-state index in [1.54, 1.807) is 24.3 Å². The summed E-state index contributed by atoms with van der Waals surface area (Å²) in [6, 6.07) is 20.6. The molecule has 4 nitrogen and oxygen atoms in total. The Morgan fingerprint density at radius 3 is 2.43 bits per heavy atom. The van der Waals surface area contributed by atoms with Crippen LogP contribution in [0.1, 0.15) is 38.2 Å². The van der Waals surface area contributed by atoms with Crippen molar-refractivity contribution in [1.82, 2.24) is 0 Å². The largest absolute Gasteiger partial charge is 0.488 e. The standard InChI is InChI=1S/C24H22N2O2/c1-16-11-17(2)23(18(3)12-16)26-24(27)21-9-4-5-10-22(21)28-15-20-8-6-7-19(13-20)14-25/h4-13H,15H2,1-3H3,(H,26,27). The Hall–Kier alpha value is -3.58. The molecule has 1 N–H and O–H groups in total. The SMILES string of the molecule is Cc1cc(C)c(NC(=O)c2ccccc2OCc2cccc(C#N)c2)c(C)c1. The molecule has 0 saturated carbocycles. The number of aryl methyl sites for hydroxylation is 3. The van der Waals surface area contributed by atoms with Gasteiger partial charge in [0.25, 0.3) is 5.91 Å². The van der Waals surface area contributed by atoms with E-state index in [1.807, 2.05) is 57.2 Å². The molecule has 0 heterocycles. The van der Waals surface area contributed by atoms with Crippen LogP contribution in [0.15, 0.2) is 60.7 Å². The molecule has 0 unspecified atom stereocenters. The Morgan fingerprint density at radius 2 is 1.71 bits per heavy atom. The molecule has 3 aromatic rings. The maximum atomic E-state index is 12.9. The molecular formula is C24H22N2O2. The van der Waals surface area contributed by atoms with Gasteiger partial charge in [-0.05, 0) is 61.7 Å². The first-order chi connectivity index (χ1) is 13.5.